The second kappa shape index (κ2) is 4.42. The monoisotopic (exact) mass is 303 g/mol. The van der Waals surface area contributed by atoms with E-state index in [1.807, 2.05) is 42.6 Å². The summed E-state index contributed by atoms with van der Waals surface area (Å²) < 4.78 is 7.50. The van der Waals surface area contributed by atoms with Gasteiger partial charge in [-0.2, -0.15) is 0 Å². The Morgan fingerprint density at radius 2 is 1.94 bits per heavy atom. The van der Waals surface area contributed by atoms with Crippen molar-refractivity contribution in [2.75, 3.05) is 7.11 Å². The second-order valence-corrected chi connectivity index (χ2v) is 4.51. The zero-order valence-electron chi connectivity index (χ0n) is 9.67. The van der Waals surface area contributed by atoms with E-state index in [1.54, 1.807) is 11.6 Å². The summed E-state index contributed by atoms with van der Waals surface area (Å²) >= 11 is 3.29. The second-order valence-electron chi connectivity index (χ2n) is 3.80. The fourth-order valence-electron chi connectivity index (χ4n) is 1.88. The molecule has 3 aromatic rings. The molecular formula is C13H10BrN3O. The molecule has 90 valence electrons. The van der Waals surface area contributed by atoms with Crippen molar-refractivity contribution in [2.45, 2.75) is 0 Å². The Labute approximate surface area is 112 Å². The Bertz CT molecular complexity index is 691. The van der Waals surface area contributed by atoms with Gasteiger partial charge in [0.1, 0.15) is 5.75 Å². The van der Waals surface area contributed by atoms with E-state index in [1.165, 1.54) is 0 Å². The van der Waals surface area contributed by atoms with Crippen molar-refractivity contribution in [1.29, 1.82) is 0 Å². The van der Waals surface area contributed by atoms with Gasteiger partial charge >= 0.3 is 0 Å². The average Bonchev–Trinajstić information content (AvgIpc) is 2.79. The summed E-state index contributed by atoms with van der Waals surface area (Å²) in [4.78, 5) is 4.37. The van der Waals surface area contributed by atoms with Gasteiger partial charge in [0.25, 0.3) is 0 Å². The van der Waals surface area contributed by atoms with Crippen LogP contribution in [0.5, 0.6) is 5.75 Å². The van der Waals surface area contributed by atoms with E-state index in [4.69, 9.17) is 4.74 Å². The molecule has 0 aliphatic carbocycles. The van der Waals surface area contributed by atoms with Crippen LogP contribution in [0.15, 0.2) is 47.3 Å². The number of pyridine rings is 1. The van der Waals surface area contributed by atoms with Crippen molar-refractivity contribution in [2.24, 2.45) is 0 Å². The number of rotatable bonds is 2. The van der Waals surface area contributed by atoms with Crippen molar-refractivity contribution in [1.82, 2.24) is 14.6 Å². The van der Waals surface area contributed by atoms with Crippen LogP contribution in [0.2, 0.25) is 0 Å². The summed E-state index contributed by atoms with van der Waals surface area (Å²) in [5.74, 6) is 0.841. The third-order valence-corrected chi connectivity index (χ3v) is 3.07. The first kappa shape index (κ1) is 11.2. The molecule has 0 spiro atoms. The van der Waals surface area contributed by atoms with Crippen LogP contribution in [0.25, 0.3) is 16.8 Å². The Kier molecular flexibility index (Phi) is 2.76. The number of halogens is 1. The van der Waals surface area contributed by atoms with E-state index in [-0.39, 0.29) is 0 Å². The van der Waals surface area contributed by atoms with Crippen LogP contribution in [0.1, 0.15) is 0 Å². The molecule has 0 bridgehead atoms. The number of benzene rings is 1. The van der Waals surface area contributed by atoms with Crippen LogP contribution in [-0.2, 0) is 0 Å². The van der Waals surface area contributed by atoms with Crippen LogP contribution in [0.4, 0.5) is 0 Å². The number of methoxy groups -OCH3 is 1. The van der Waals surface area contributed by atoms with Crippen LogP contribution in [-0.4, -0.2) is 21.7 Å². The molecule has 5 heteroatoms. The van der Waals surface area contributed by atoms with Crippen molar-refractivity contribution < 1.29 is 4.74 Å². The molecule has 0 radical (unpaired) electrons. The summed E-state index contributed by atoms with van der Waals surface area (Å²) in [7, 11) is 1.66. The SMILES string of the molecule is COc1ccc(-c2cccn3nc(Br)nc23)cc1. The molecule has 2 heterocycles. The van der Waals surface area contributed by atoms with Crippen LogP contribution in [0, 0.1) is 0 Å². The molecule has 18 heavy (non-hydrogen) atoms. The highest BCUT2D eigenvalue weighted by Gasteiger charge is 2.08. The van der Waals surface area contributed by atoms with Crippen molar-refractivity contribution in [3.8, 4) is 16.9 Å². The third-order valence-electron chi connectivity index (χ3n) is 2.74. The Hall–Kier alpha value is -1.88. The Morgan fingerprint density at radius 1 is 1.17 bits per heavy atom. The van der Waals surface area contributed by atoms with Gasteiger partial charge in [0.05, 0.1) is 7.11 Å². The summed E-state index contributed by atoms with van der Waals surface area (Å²) in [6, 6.07) is 11.9. The standard InChI is InChI=1S/C13H10BrN3O/c1-18-10-6-4-9(5-7-10)11-3-2-8-17-12(11)15-13(14)16-17/h2-8H,1H3. The normalized spacial score (nSPS) is 10.8. The topological polar surface area (TPSA) is 39.4 Å². The first-order valence-electron chi connectivity index (χ1n) is 5.43. The maximum absolute atomic E-state index is 5.16. The lowest BCUT2D eigenvalue weighted by Crippen LogP contribution is -1.89. The van der Waals surface area contributed by atoms with E-state index < -0.39 is 0 Å². The molecule has 0 aliphatic heterocycles. The lowest BCUT2D eigenvalue weighted by molar-refractivity contribution is 0.415. The summed E-state index contributed by atoms with van der Waals surface area (Å²) in [5, 5.41) is 4.23. The molecule has 0 unspecified atom stereocenters. The Morgan fingerprint density at radius 3 is 2.67 bits per heavy atom. The van der Waals surface area contributed by atoms with E-state index in [0.29, 0.717) is 4.73 Å². The number of nitrogens with zero attached hydrogens (tertiary/aromatic N) is 3. The smallest absolute Gasteiger partial charge is 0.218 e. The third kappa shape index (κ3) is 1.86. The molecule has 3 rings (SSSR count). The minimum Gasteiger partial charge on any atom is -0.497 e. The number of hydrogen-bond acceptors (Lipinski definition) is 3. The van der Waals surface area contributed by atoms with Gasteiger partial charge in [-0.1, -0.05) is 12.1 Å². The highest BCUT2D eigenvalue weighted by Crippen LogP contribution is 2.25. The van der Waals surface area contributed by atoms with Gasteiger partial charge in [0.2, 0.25) is 4.73 Å². The largest absolute Gasteiger partial charge is 0.497 e. The van der Waals surface area contributed by atoms with Gasteiger partial charge in [-0.25, -0.2) is 9.50 Å². The fraction of sp³-hybridized carbons (Fsp3) is 0.0769. The minimum absolute atomic E-state index is 0.587. The lowest BCUT2D eigenvalue weighted by atomic mass is 10.1. The zero-order chi connectivity index (χ0) is 12.5. The molecule has 1 aromatic carbocycles. The van der Waals surface area contributed by atoms with Gasteiger partial charge in [-0.3, -0.25) is 0 Å². The average molecular weight is 304 g/mol. The first-order chi connectivity index (χ1) is 8.78. The summed E-state index contributed by atoms with van der Waals surface area (Å²) in [6.07, 6.45) is 1.88. The first-order valence-corrected chi connectivity index (χ1v) is 6.22. The van der Waals surface area contributed by atoms with E-state index in [2.05, 4.69) is 26.0 Å². The number of aromatic nitrogens is 3. The van der Waals surface area contributed by atoms with Crippen molar-refractivity contribution >= 4 is 21.6 Å². The minimum atomic E-state index is 0.587. The maximum atomic E-state index is 5.16. The van der Waals surface area contributed by atoms with Gasteiger partial charge in [-0.05, 0) is 45.8 Å². The van der Waals surface area contributed by atoms with E-state index in [0.717, 1.165) is 22.5 Å². The predicted molar refractivity (Wildman–Crippen MR) is 72.7 cm³/mol. The molecule has 0 atom stereocenters. The molecule has 0 saturated carbocycles. The van der Waals surface area contributed by atoms with Crippen LogP contribution >= 0.6 is 15.9 Å². The maximum Gasteiger partial charge on any atom is 0.218 e. The molecular weight excluding hydrogens is 294 g/mol. The zero-order valence-corrected chi connectivity index (χ0v) is 11.3. The number of hydrogen-bond donors (Lipinski definition) is 0. The van der Waals surface area contributed by atoms with Gasteiger partial charge in [0, 0.05) is 11.8 Å². The summed E-state index contributed by atoms with van der Waals surface area (Å²) in [5.41, 5.74) is 2.95. The molecule has 0 saturated heterocycles. The van der Waals surface area contributed by atoms with E-state index in [9.17, 15) is 0 Å². The molecule has 4 nitrogen and oxygen atoms in total. The predicted octanol–water partition coefficient (Wildman–Crippen LogP) is 3.17. The molecule has 0 amide bonds. The van der Waals surface area contributed by atoms with E-state index >= 15 is 0 Å². The fourth-order valence-corrected chi connectivity index (χ4v) is 2.21. The highest BCUT2D eigenvalue weighted by molar-refractivity contribution is 9.10. The molecule has 2 aromatic heterocycles. The highest BCUT2D eigenvalue weighted by atomic mass is 79.9. The molecule has 0 aliphatic rings. The quantitative estimate of drug-likeness (QED) is 0.730. The van der Waals surface area contributed by atoms with Crippen LogP contribution < -0.4 is 4.74 Å². The Balaban J connectivity index is 2.17. The molecule has 0 fully saturated rings. The van der Waals surface area contributed by atoms with Gasteiger partial charge in [0.15, 0.2) is 5.65 Å². The van der Waals surface area contributed by atoms with Gasteiger partial charge in [-0.15, -0.1) is 5.10 Å². The van der Waals surface area contributed by atoms with Crippen LogP contribution in [0.3, 0.4) is 0 Å². The number of fused-ring (bicyclic) bond motifs is 1. The number of ether oxygens (including phenoxy) is 1. The lowest BCUT2D eigenvalue weighted by Gasteiger charge is -2.04. The van der Waals surface area contributed by atoms with Crippen molar-refractivity contribution in [3.05, 3.63) is 47.3 Å². The summed E-state index contributed by atoms with van der Waals surface area (Å²) in [6.45, 7) is 0. The van der Waals surface area contributed by atoms with Gasteiger partial charge < -0.3 is 4.74 Å². The van der Waals surface area contributed by atoms with Crippen molar-refractivity contribution in [3.63, 3.8) is 0 Å². The molecule has 0 N–H and O–H groups in total.